The van der Waals surface area contributed by atoms with Gasteiger partial charge in [-0.2, -0.15) is 0 Å². The quantitative estimate of drug-likeness (QED) is 0.0939. The second kappa shape index (κ2) is 17.4. The van der Waals surface area contributed by atoms with Gasteiger partial charge in [-0.1, -0.05) is 121 Å². The molecule has 9 heteroatoms. The minimum Gasteiger partial charge on any atom is -0.393 e. The van der Waals surface area contributed by atoms with E-state index in [9.17, 15) is 24.9 Å². The molecule has 6 atom stereocenters. The lowest BCUT2D eigenvalue weighted by molar-refractivity contribution is -0.128. The molecule has 0 aliphatic rings. The van der Waals surface area contributed by atoms with Crippen LogP contribution in [0.15, 0.2) is 121 Å². The molecule has 9 nitrogen and oxygen atoms in total. The third-order valence-electron chi connectivity index (χ3n) is 8.08. The molecule has 46 heavy (non-hydrogen) atoms. The zero-order valence-electron chi connectivity index (χ0n) is 25.7. The molecule has 4 rings (SSSR count). The standard InChI is InChI=1S/C37H44N4O5/c38-34(32(43)27-17-9-3-10-18-27)40-36(45)29(21-25-13-5-1-6-14-25)23-31(42)24-30(22-26-15-7-2-8-16-26)37(46)41-35(39)33(44)28-19-11-4-12-20-28/h1-20,29-35,42-44H,21-24,38-39H2,(H,40,45)(H,41,46)/t29?,30?,31?,32-,33-,34?,35?/m0/s1. The van der Waals surface area contributed by atoms with Crippen molar-refractivity contribution in [3.05, 3.63) is 144 Å². The molecule has 0 aliphatic heterocycles. The van der Waals surface area contributed by atoms with Crippen molar-refractivity contribution in [2.45, 2.75) is 56.3 Å². The van der Waals surface area contributed by atoms with Crippen LogP contribution in [0.1, 0.15) is 47.3 Å². The normalized spacial score (nSPS) is 15.8. The molecule has 0 heterocycles. The van der Waals surface area contributed by atoms with Crippen LogP contribution in [0.25, 0.3) is 0 Å². The second-order valence-corrected chi connectivity index (χ2v) is 11.7. The number of carbonyl (C=O) groups excluding carboxylic acids is 2. The number of aliphatic hydroxyl groups excluding tert-OH is 3. The van der Waals surface area contributed by atoms with E-state index in [1.807, 2.05) is 72.8 Å². The lowest BCUT2D eigenvalue weighted by Gasteiger charge is -2.27. The maximum Gasteiger partial charge on any atom is 0.224 e. The highest BCUT2D eigenvalue weighted by atomic mass is 16.3. The van der Waals surface area contributed by atoms with Gasteiger partial charge in [0.2, 0.25) is 11.8 Å². The summed E-state index contributed by atoms with van der Waals surface area (Å²) < 4.78 is 0. The maximum absolute atomic E-state index is 13.6. The van der Waals surface area contributed by atoms with Crippen molar-refractivity contribution < 1.29 is 24.9 Å². The third kappa shape index (κ3) is 10.3. The summed E-state index contributed by atoms with van der Waals surface area (Å²) in [7, 11) is 0. The lowest BCUT2D eigenvalue weighted by Crippen LogP contribution is -2.49. The molecule has 0 saturated carbocycles. The summed E-state index contributed by atoms with van der Waals surface area (Å²) in [5.41, 5.74) is 15.3. The van der Waals surface area contributed by atoms with Crippen molar-refractivity contribution in [2.75, 3.05) is 0 Å². The number of rotatable bonds is 16. The molecule has 0 bridgehead atoms. The predicted molar refractivity (Wildman–Crippen MR) is 178 cm³/mol. The fourth-order valence-electron chi connectivity index (χ4n) is 5.55. The van der Waals surface area contributed by atoms with E-state index in [-0.39, 0.29) is 12.8 Å². The van der Waals surface area contributed by atoms with Crippen LogP contribution in [0.2, 0.25) is 0 Å². The second-order valence-electron chi connectivity index (χ2n) is 11.7. The van der Waals surface area contributed by atoms with Crippen molar-refractivity contribution in [3.8, 4) is 0 Å². The molecule has 0 spiro atoms. The Labute approximate surface area is 270 Å². The summed E-state index contributed by atoms with van der Waals surface area (Å²) in [6.45, 7) is 0. The predicted octanol–water partition coefficient (Wildman–Crippen LogP) is 3.11. The first-order chi connectivity index (χ1) is 22.2. The summed E-state index contributed by atoms with van der Waals surface area (Å²) in [6.07, 6.45) is -4.69. The SMILES string of the molecule is NC(NC(=O)C(Cc1ccccc1)CC(O)CC(Cc1ccccc1)C(=O)NC(N)[C@@H](O)c1ccccc1)[C@@H](O)c1ccccc1. The number of nitrogens with two attached hydrogens (primary N) is 2. The molecule has 4 aromatic rings. The third-order valence-corrected chi connectivity index (χ3v) is 8.08. The molecular weight excluding hydrogens is 580 g/mol. The lowest BCUT2D eigenvalue weighted by atomic mass is 9.86. The van der Waals surface area contributed by atoms with E-state index in [0.29, 0.717) is 24.0 Å². The van der Waals surface area contributed by atoms with Crippen LogP contribution in [0.4, 0.5) is 0 Å². The van der Waals surface area contributed by atoms with E-state index < -0.39 is 54.3 Å². The highest BCUT2D eigenvalue weighted by Crippen LogP contribution is 2.23. The van der Waals surface area contributed by atoms with Gasteiger partial charge in [0.1, 0.15) is 24.5 Å². The molecule has 242 valence electrons. The van der Waals surface area contributed by atoms with Crippen LogP contribution in [-0.2, 0) is 22.4 Å². The van der Waals surface area contributed by atoms with E-state index in [1.54, 1.807) is 48.5 Å². The van der Waals surface area contributed by atoms with Crippen molar-refractivity contribution >= 4 is 11.8 Å². The number of amides is 2. The number of hydrogen-bond acceptors (Lipinski definition) is 7. The number of hydrogen-bond donors (Lipinski definition) is 7. The van der Waals surface area contributed by atoms with Gasteiger partial charge in [0.15, 0.2) is 0 Å². The topological polar surface area (TPSA) is 171 Å². The van der Waals surface area contributed by atoms with Crippen LogP contribution in [0.3, 0.4) is 0 Å². The van der Waals surface area contributed by atoms with E-state index in [1.165, 1.54) is 0 Å². The van der Waals surface area contributed by atoms with Gasteiger partial charge in [0.25, 0.3) is 0 Å². The van der Waals surface area contributed by atoms with Gasteiger partial charge in [0, 0.05) is 11.8 Å². The number of carbonyl (C=O) groups is 2. The minimum absolute atomic E-state index is 0.0478. The summed E-state index contributed by atoms with van der Waals surface area (Å²) >= 11 is 0. The molecule has 0 radical (unpaired) electrons. The Morgan fingerprint density at radius 1 is 0.522 bits per heavy atom. The van der Waals surface area contributed by atoms with Crippen molar-refractivity contribution in [1.82, 2.24) is 10.6 Å². The van der Waals surface area contributed by atoms with Gasteiger partial charge in [-0.25, -0.2) is 0 Å². The van der Waals surface area contributed by atoms with Gasteiger partial charge >= 0.3 is 0 Å². The van der Waals surface area contributed by atoms with Crippen LogP contribution >= 0.6 is 0 Å². The summed E-state index contributed by atoms with van der Waals surface area (Å²) in [4.78, 5) is 27.1. The van der Waals surface area contributed by atoms with Crippen LogP contribution in [0.5, 0.6) is 0 Å². The maximum atomic E-state index is 13.6. The highest BCUT2D eigenvalue weighted by Gasteiger charge is 2.30. The summed E-state index contributed by atoms with van der Waals surface area (Å²) in [6, 6.07) is 36.5. The molecule has 9 N–H and O–H groups in total. The number of aliphatic hydroxyl groups is 3. The Hall–Kier alpha value is -4.38. The average molecular weight is 625 g/mol. The Balaban J connectivity index is 1.47. The van der Waals surface area contributed by atoms with Gasteiger partial charge in [-0.15, -0.1) is 0 Å². The molecule has 0 saturated heterocycles. The van der Waals surface area contributed by atoms with Gasteiger partial charge in [0.05, 0.1) is 6.10 Å². The zero-order valence-corrected chi connectivity index (χ0v) is 25.7. The van der Waals surface area contributed by atoms with Gasteiger partial charge < -0.3 is 37.4 Å². The molecule has 0 aromatic heterocycles. The molecular formula is C37H44N4O5. The zero-order chi connectivity index (χ0) is 32.9. The summed E-state index contributed by atoms with van der Waals surface area (Å²) in [5.74, 6) is -2.23. The molecule has 4 unspecified atom stereocenters. The molecule has 2 amide bonds. The minimum atomic E-state index is -1.12. The fourth-order valence-corrected chi connectivity index (χ4v) is 5.55. The Kier molecular flexibility index (Phi) is 13.0. The van der Waals surface area contributed by atoms with E-state index in [4.69, 9.17) is 11.5 Å². The molecule has 0 aliphatic carbocycles. The van der Waals surface area contributed by atoms with E-state index in [0.717, 1.165) is 11.1 Å². The Bertz CT molecular complexity index is 1360. The monoisotopic (exact) mass is 624 g/mol. The Morgan fingerprint density at radius 2 is 0.826 bits per heavy atom. The molecule has 4 aromatic carbocycles. The molecule has 0 fully saturated rings. The highest BCUT2D eigenvalue weighted by molar-refractivity contribution is 5.80. The summed E-state index contributed by atoms with van der Waals surface area (Å²) in [5, 5.41) is 38.3. The van der Waals surface area contributed by atoms with Gasteiger partial charge in [-0.3, -0.25) is 9.59 Å². The van der Waals surface area contributed by atoms with Crippen molar-refractivity contribution in [1.29, 1.82) is 0 Å². The Morgan fingerprint density at radius 3 is 1.15 bits per heavy atom. The van der Waals surface area contributed by atoms with Crippen LogP contribution in [0, 0.1) is 11.8 Å². The average Bonchev–Trinajstić information content (AvgIpc) is 3.08. The largest absolute Gasteiger partial charge is 0.393 e. The number of nitrogens with one attached hydrogen (secondary N) is 2. The van der Waals surface area contributed by atoms with Crippen molar-refractivity contribution in [2.24, 2.45) is 23.3 Å². The van der Waals surface area contributed by atoms with Gasteiger partial charge in [-0.05, 0) is 47.9 Å². The van der Waals surface area contributed by atoms with E-state index >= 15 is 0 Å². The number of benzene rings is 4. The first-order valence-corrected chi connectivity index (χ1v) is 15.5. The fraction of sp³-hybridized carbons (Fsp3) is 0.297. The first kappa shape index (κ1) is 34.5. The smallest absolute Gasteiger partial charge is 0.224 e. The van der Waals surface area contributed by atoms with E-state index in [2.05, 4.69) is 10.6 Å². The first-order valence-electron chi connectivity index (χ1n) is 15.5. The van der Waals surface area contributed by atoms with Crippen molar-refractivity contribution in [3.63, 3.8) is 0 Å². The van der Waals surface area contributed by atoms with Crippen LogP contribution < -0.4 is 22.1 Å². The van der Waals surface area contributed by atoms with Crippen LogP contribution in [-0.4, -0.2) is 45.6 Å².